The molecule has 1 heterocycles. The van der Waals surface area contributed by atoms with E-state index in [-0.39, 0.29) is 35.7 Å². The number of nitrogens with zero attached hydrogens (tertiary/aromatic N) is 2. The molecule has 0 spiro atoms. The predicted octanol–water partition coefficient (Wildman–Crippen LogP) is 7.82. The molecule has 0 N–H and O–H groups in total. The molecule has 242 valence electrons. The lowest BCUT2D eigenvalue weighted by Gasteiger charge is -2.40. The molecule has 2 bridgehead atoms. The van der Waals surface area contributed by atoms with E-state index in [1.807, 2.05) is 84.0 Å². The average molecular weight is 617 g/mol. The number of hydrogen-bond acceptors (Lipinski definition) is 6. The highest BCUT2D eigenvalue weighted by molar-refractivity contribution is 6.03. The van der Waals surface area contributed by atoms with Crippen molar-refractivity contribution in [3.05, 3.63) is 48.0 Å². The second-order valence-electron chi connectivity index (χ2n) is 14.5. The molecule has 2 aromatic rings. The van der Waals surface area contributed by atoms with Crippen molar-refractivity contribution in [3.8, 4) is 11.1 Å². The largest absolute Gasteiger partial charge is 0.460 e. The topological polar surface area (TPSA) is 93.2 Å². The highest BCUT2D eigenvalue weighted by Crippen LogP contribution is 2.51. The monoisotopic (exact) mass is 616 g/mol. The fourth-order valence-corrected chi connectivity index (χ4v) is 7.77. The summed E-state index contributed by atoms with van der Waals surface area (Å²) in [5, 5.41) is 0. The number of carbonyl (C=O) groups is 4. The summed E-state index contributed by atoms with van der Waals surface area (Å²) in [4.78, 5) is 55.0. The SMILES string of the molecule is CC(=O)N1c2ccc(-c3ccc(C(=O)C4[C@@H]5CC[C@H]4CC(CCC(=O)OC(C)(C)C)C5)cc3)cc2N(C(=O)OC(C)C)C[C@@H]1C. The number of ketones is 1. The van der Waals surface area contributed by atoms with E-state index in [0.717, 1.165) is 48.8 Å². The van der Waals surface area contributed by atoms with E-state index in [9.17, 15) is 19.2 Å². The van der Waals surface area contributed by atoms with Crippen molar-refractivity contribution in [1.82, 2.24) is 0 Å². The molecule has 5 atom stereocenters. The average Bonchev–Trinajstić information content (AvgIpc) is 3.22. The first-order valence-electron chi connectivity index (χ1n) is 16.5. The van der Waals surface area contributed by atoms with Crippen LogP contribution in [0.3, 0.4) is 0 Å². The number of rotatable bonds is 7. The maximum absolute atomic E-state index is 13.8. The van der Waals surface area contributed by atoms with Gasteiger partial charge in [-0.1, -0.05) is 30.3 Å². The van der Waals surface area contributed by atoms with Crippen molar-refractivity contribution in [2.75, 3.05) is 16.3 Å². The Bertz CT molecular complexity index is 1430. The van der Waals surface area contributed by atoms with E-state index in [1.54, 1.807) is 9.80 Å². The molecular formula is C37H48N2O6. The van der Waals surface area contributed by atoms with Crippen molar-refractivity contribution in [1.29, 1.82) is 0 Å². The van der Waals surface area contributed by atoms with Crippen LogP contribution in [0, 0.1) is 23.7 Å². The Morgan fingerprint density at radius 1 is 0.911 bits per heavy atom. The predicted molar refractivity (Wildman–Crippen MR) is 175 cm³/mol. The van der Waals surface area contributed by atoms with Crippen LogP contribution in [0.25, 0.3) is 11.1 Å². The van der Waals surface area contributed by atoms with Gasteiger partial charge in [0.1, 0.15) is 5.60 Å². The Kier molecular flexibility index (Phi) is 9.43. The molecule has 2 aliphatic carbocycles. The number of fused-ring (bicyclic) bond motifs is 3. The molecule has 2 aromatic carbocycles. The van der Waals surface area contributed by atoms with Crippen molar-refractivity contribution < 1.29 is 28.7 Å². The zero-order valence-electron chi connectivity index (χ0n) is 27.8. The summed E-state index contributed by atoms with van der Waals surface area (Å²) >= 11 is 0. The van der Waals surface area contributed by atoms with Crippen LogP contribution in [-0.4, -0.2) is 48.0 Å². The van der Waals surface area contributed by atoms with Crippen LogP contribution in [0.4, 0.5) is 16.2 Å². The number of ether oxygens (including phenoxy) is 2. The molecule has 5 rings (SSSR count). The van der Waals surface area contributed by atoms with Gasteiger partial charge in [0.15, 0.2) is 5.78 Å². The van der Waals surface area contributed by atoms with Crippen LogP contribution in [0.5, 0.6) is 0 Å². The third kappa shape index (κ3) is 7.26. The number of Topliss-reactive ketones (excluding diaryl/α,β-unsaturated/α-hetero) is 1. The van der Waals surface area contributed by atoms with Gasteiger partial charge in [0.25, 0.3) is 0 Å². The van der Waals surface area contributed by atoms with E-state index < -0.39 is 11.7 Å². The normalized spacial score (nSPS) is 24.3. The molecule has 2 saturated carbocycles. The highest BCUT2D eigenvalue weighted by Gasteiger charge is 2.46. The third-order valence-corrected chi connectivity index (χ3v) is 9.49. The molecule has 45 heavy (non-hydrogen) atoms. The number of hydrogen-bond donors (Lipinski definition) is 0. The summed E-state index contributed by atoms with van der Waals surface area (Å²) in [6, 6.07) is 13.3. The van der Waals surface area contributed by atoms with Crippen molar-refractivity contribution >= 4 is 35.1 Å². The second-order valence-corrected chi connectivity index (χ2v) is 14.5. The summed E-state index contributed by atoms with van der Waals surface area (Å²) in [5.74, 6) is 1.23. The summed E-state index contributed by atoms with van der Waals surface area (Å²) in [6.45, 7) is 13.1. The van der Waals surface area contributed by atoms with E-state index in [4.69, 9.17) is 9.47 Å². The quantitative estimate of drug-likeness (QED) is 0.233. The minimum atomic E-state index is -0.465. The van der Waals surface area contributed by atoms with Crippen LogP contribution in [0.15, 0.2) is 42.5 Å². The Labute approximate surface area is 267 Å². The lowest BCUT2D eigenvalue weighted by molar-refractivity contribution is -0.155. The van der Waals surface area contributed by atoms with Crippen LogP contribution < -0.4 is 9.80 Å². The molecule has 8 heteroatoms. The smallest absolute Gasteiger partial charge is 0.414 e. The molecule has 2 fully saturated rings. The van der Waals surface area contributed by atoms with Crippen molar-refractivity contribution in [2.45, 2.75) is 105 Å². The van der Waals surface area contributed by atoms with E-state index in [2.05, 4.69) is 0 Å². The Morgan fingerprint density at radius 2 is 1.53 bits per heavy atom. The summed E-state index contributed by atoms with van der Waals surface area (Å²) in [7, 11) is 0. The molecular weight excluding hydrogens is 568 g/mol. The van der Waals surface area contributed by atoms with Gasteiger partial charge in [0.2, 0.25) is 5.91 Å². The summed E-state index contributed by atoms with van der Waals surface area (Å²) in [6.07, 6.45) is 4.70. The molecule has 3 aliphatic rings. The van der Waals surface area contributed by atoms with Gasteiger partial charge in [-0.05, 0) is 115 Å². The zero-order valence-corrected chi connectivity index (χ0v) is 27.8. The fourth-order valence-electron chi connectivity index (χ4n) is 7.77. The molecule has 2 unspecified atom stereocenters. The lowest BCUT2D eigenvalue weighted by Crippen LogP contribution is -2.51. The second kappa shape index (κ2) is 13.0. The maximum atomic E-state index is 13.8. The van der Waals surface area contributed by atoms with Crippen LogP contribution in [0.2, 0.25) is 0 Å². The first kappa shape index (κ1) is 32.7. The highest BCUT2D eigenvalue weighted by atomic mass is 16.6. The van der Waals surface area contributed by atoms with Gasteiger partial charge in [-0.15, -0.1) is 0 Å². The summed E-state index contributed by atoms with van der Waals surface area (Å²) < 4.78 is 11.0. The van der Waals surface area contributed by atoms with Gasteiger partial charge in [-0.25, -0.2) is 4.79 Å². The minimum Gasteiger partial charge on any atom is -0.460 e. The first-order chi connectivity index (χ1) is 21.2. The number of carbonyl (C=O) groups excluding carboxylic acids is 4. The summed E-state index contributed by atoms with van der Waals surface area (Å²) in [5.41, 5.74) is 3.38. The minimum absolute atomic E-state index is 0.0393. The standard InChI is InChI=1S/C37H48N2O6/c1-22(2)44-36(43)38-21-23(3)39(24(4)40)31-16-15-28(20-32(31)38)26-9-11-27(12-10-26)35(42)34-29-13-14-30(34)19-25(18-29)8-17-33(41)45-37(5,6)7/h9-12,15-16,20,22-23,25,29-30,34H,8,13-14,17-19,21H2,1-7H3/t23-,25?,29-,30+,34?/m0/s1. The number of benzene rings is 2. The van der Waals surface area contributed by atoms with Gasteiger partial charge in [-0.2, -0.15) is 0 Å². The Morgan fingerprint density at radius 3 is 2.11 bits per heavy atom. The van der Waals surface area contributed by atoms with Crippen LogP contribution >= 0.6 is 0 Å². The van der Waals surface area contributed by atoms with Crippen molar-refractivity contribution in [3.63, 3.8) is 0 Å². The molecule has 2 amide bonds. The van der Waals surface area contributed by atoms with Gasteiger partial charge >= 0.3 is 12.1 Å². The molecule has 0 saturated heterocycles. The van der Waals surface area contributed by atoms with E-state index >= 15 is 0 Å². The molecule has 1 aliphatic heterocycles. The van der Waals surface area contributed by atoms with Gasteiger partial charge in [-0.3, -0.25) is 19.3 Å². The van der Waals surface area contributed by atoms with Gasteiger partial charge < -0.3 is 14.4 Å². The lowest BCUT2D eigenvalue weighted by atomic mass is 9.69. The van der Waals surface area contributed by atoms with Crippen molar-refractivity contribution in [2.24, 2.45) is 23.7 Å². The molecule has 8 nitrogen and oxygen atoms in total. The van der Waals surface area contributed by atoms with E-state index in [0.29, 0.717) is 42.1 Å². The van der Waals surface area contributed by atoms with Crippen LogP contribution in [-0.2, 0) is 19.1 Å². The number of amides is 2. The maximum Gasteiger partial charge on any atom is 0.414 e. The molecule has 0 radical (unpaired) electrons. The Balaban J connectivity index is 1.30. The number of anilines is 2. The van der Waals surface area contributed by atoms with Gasteiger partial charge in [0.05, 0.1) is 23.5 Å². The third-order valence-electron chi connectivity index (χ3n) is 9.49. The Hall–Kier alpha value is -3.68. The van der Waals surface area contributed by atoms with E-state index in [1.165, 1.54) is 6.92 Å². The number of esters is 1. The fraction of sp³-hybridized carbons (Fsp3) is 0.568. The first-order valence-corrected chi connectivity index (χ1v) is 16.5. The zero-order chi connectivity index (χ0) is 32.6. The van der Waals surface area contributed by atoms with Gasteiger partial charge in [0, 0.05) is 31.4 Å². The van der Waals surface area contributed by atoms with Crippen LogP contribution in [0.1, 0.15) is 97.3 Å². The molecule has 0 aromatic heterocycles.